The molecule has 1 saturated heterocycles. The Kier molecular flexibility index (Phi) is 6.41. The maximum atomic E-state index is 5.21. The molecule has 0 aromatic rings. The number of hydrogen-bond donors (Lipinski definition) is 2. The molecule has 15 heavy (non-hydrogen) atoms. The summed E-state index contributed by atoms with van der Waals surface area (Å²) in [7, 11) is 0. The summed E-state index contributed by atoms with van der Waals surface area (Å²) in [6.07, 6.45) is 2.68. The topological polar surface area (TPSA) is 24.1 Å². The maximum absolute atomic E-state index is 5.21. The molecule has 0 radical (unpaired) electrons. The monoisotopic (exact) mass is 246 g/mol. The Labute approximate surface area is 103 Å². The molecular formula is C11H22N2S2. The highest BCUT2D eigenvalue weighted by Crippen LogP contribution is 2.21. The fourth-order valence-corrected chi connectivity index (χ4v) is 2.92. The van der Waals surface area contributed by atoms with E-state index in [1.54, 1.807) is 0 Å². The predicted molar refractivity (Wildman–Crippen MR) is 73.5 cm³/mol. The lowest BCUT2D eigenvalue weighted by Crippen LogP contribution is -2.40. The van der Waals surface area contributed by atoms with E-state index in [2.05, 4.69) is 36.2 Å². The zero-order valence-corrected chi connectivity index (χ0v) is 11.3. The first-order valence-electron chi connectivity index (χ1n) is 5.78. The lowest BCUT2D eigenvalue weighted by atomic mass is 10.0. The van der Waals surface area contributed by atoms with Crippen molar-refractivity contribution in [1.29, 1.82) is 0 Å². The van der Waals surface area contributed by atoms with Crippen molar-refractivity contribution < 1.29 is 0 Å². The minimum Gasteiger partial charge on any atom is -0.362 e. The molecule has 4 heteroatoms. The van der Waals surface area contributed by atoms with E-state index in [0.717, 1.165) is 24.1 Å². The van der Waals surface area contributed by atoms with Gasteiger partial charge in [0.2, 0.25) is 0 Å². The van der Waals surface area contributed by atoms with Crippen LogP contribution in [0.1, 0.15) is 26.7 Å². The van der Waals surface area contributed by atoms with Gasteiger partial charge in [0.1, 0.15) is 0 Å². The zero-order valence-electron chi connectivity index (χ0n) is 9.71. The molecule has 0 aromatic heterocycles. The molecule has 2 nitrogen and oxygen atoms in total. The van der Waals surface area contributed by atoms with Crippen molar-refractivity contribution in [2.24, 2.45) is 11.8 Å². The predicted octanol–water partition coefficient (Wildman–Crippen LogP) is 2.25. The second kappa shape index (κ2) is 7.34. The van der Waals surface area contributed by atoms with Crippen molar-refractivity contribution >= 4 is 29.1 Å². The summed E-state index contributed by atoms with van der Waals surface area (Å²) in [6.45, 7) is 6.39. The van der Waals surface area contributed by atoms with Gasteiger partial charge in [-0.05, 0) is 48.4 Å². The van der Waals surface area contributed by atoms with Crippen LogP contribution in [-0.4, -0.2) is 29.7 Å². The Bertz CT molecular complexity index is 189. The number of thiocarbonyl (C=S) groups is 1. The smallest absolute Gasteiger partial charge is 0.166 e. The van der Waals surface area contributed by atoms with Crippen LogP contribution in [-0.2, 0) is 0 Å². The largest absolute Gasteiger partial charge is 0.362 e. The van der Waals surface area contributed by atoms with Gasteiger partial charge in [-0.25, -0.2) is 0 Å². The molecule has 0 spiro atoms. The number of thioether (sulfide) groups is 1. The number of rotatable bonds is 4. The van der Waals surface area contributed by atoms with Crippen molar-refractivity contribution in [3.05, 3.63) is 0 Å². The molecule has 2 N–H and O–H groups in total. The van der Waals surface area contributed by atoms with Gasteiger partial charge in [-0.3, -0.25) is 0 Å². The van der Waals surface area contributed by atoms with Gasteiger partial charge in [0.05, 0.1) is 0 Å². The van der Waals surface area contributed by atoms with Crippen molar-refractivity contribution in [1.82, 2.24) is 10.6 Å². The minimum atomic E-state index is 0.649. The fraction of sp³-hybridized carbons (Fsp3) is 0.909. The lowest BCUT2D eigenvalue weighted by molar-refractivity contribution is 0.479. The van der Waals surface area contributed by atoms with Crippen LogP contribution in [0.25, 0.3) is 0 Å². The molecule has 0 amide bonds. The summed E-state index contributed by atoms with van der Waals surface area (Å²) in [5, 5.41) is 7.38. The average molecular weight is 246 g/mol. The molecule has 0 saturated carbocycles. The first-order valence-corrected chi connectivity index (χ1v) is 7.34. The summed E-state index contributed by atoms with van der Waals surface area (Å²) in [5.41, 5.74) is 0. The molecule has 1 heterocycles. The molecular weight excluding hydrogens is 224 g/mol. The molecule has 88 valence electrons. The summed E-state index contributed by atoms with van der Waals surface area (Å²) in [5.74, 6) is 4.11. The normalized spacial score (nSPS) is 17.8. The fourth-order valence-electron chi connectivity index (χ4n) is 1.55. The Balaban J connectivity index is 2.05. The molecule has 0 aromatic carbocycles. The van der Waals surface area contributed by atoms with Gasteiger partial charge in [0.25, 0.3) is 0 Å². The first kappa shape index (κ1) is 13.1. The second-order valence-electron chi connectivity index (χ2n) is 4.54. The summed E-state index contributed by atoms with van der Waals surface area (Å²) >= 11 is 7.28. The molecule has 1 rings (SSSR count). The van der Waals surface area contributed by atoms with E-state index < -0.39 is 0 Å². The van der Waals surface area contributed by atoms with Crippen molar-refractivity contribution in [2.45, 2.75) is 26.7 Å². The Morgan fingerprint density at radius 1 is 1.33 bits per heavy atom. The van der Waals surface area contributed by atoms with Gasteiger partial charge >= 0.3 is 0 Å². The summed E-state index contributed by atoms with van der Waals surface area (Å²) < 4.78 is 0. The van der Waals surface area contributed by atoms with E-state index in [-0.39, 0.29) is 0 Å². The molecule has 0 atom stereocenters. The van der Waals surface area contributed by atoms with Crippen LogP contribution in [0.5, 0.6) is 0 Å². The van der Waals surface area contributed by atoms with Crippen LogP contribution in [0.15, 0.2) is 0 Å². The molecule has 1 aliphatic heterocycles. The quantitative estimate of drug-likeness (QED) is 0.743. The Hall–Kier alpha value is 0.0400. The third-order valence-corrected chi connectivity index (χ3v) is 3.90. The van der Waals surface area contributed by atoms with Crippen molar-refractivity contribution in [2.75, 3.05) is 24.6 Å². The number of hydrogen-bond acceptors (Lipinski definition) is 2. The molecule has 0 aliphatic carbocycles. The Morgan fingerprint density at radius 2 is 2.00 bits per heavy atom. The van der Waals surface area contributed by atoms with Crippen LogP contribution in [0.2, 0.25) is 0 Å². The van der Waals surface area contributed by atoms with Gasteiger partial charge < -0.3 is 10.6 Å². The van der Waals surface area contributed by atoms with E-state index in [1.807, 2.05) is 0 Å². The second-order valence-corrected chi connectivity index (χ2v) is 6.17. The SMILES string of the molecule is CC(C)CNC(=S)NCC1CCSCC1. The van der Waals surface area contributed by atoms with Crippen LogP contribution in [0, 0.1) is 11.8 Å². The van der Waals surface area contributed by atoms with Gasteiger partial charge in [0, 0.05) is 13.1 Å². The van der Waals surface area contributed by atoms with Gasteiger partial charge in [0.15, 0.2) is 5.11 Å². The highest BCUT2D eigenvalue weighted by molar-refractivity contribution is 7.99. The maximum Gasteiger partial charge on any atom is 0.166 e. The molecule has 0 unspecified atom stereocenters. The van der Waals surface area contributed by atoms with E-state index in [0.29, 0.717) is 5.92 Å². The molecule has 0 bridgehead atoms. The van der Waals surface area contributed by atoms with E-state index >= 15 is 0 Å². The summed E-state index contributed by atoms with van der Waals surface area (Å²) in [4.78, 5) is 0. The molecule has 1 aliphatic rings. The first-order chi connectivity index (χ1) is 7.18. The van der Waals surface area contributed by atoms with Crippen molar-refractivity contribution in [3.8, 4) is 0 Å². The van der Waals surface area contributed by atoms with Crippen LogP contribution < -0.4 is 10.6 Å². The third kappa shape index (κ3) is 6.25. The zero-order chi connectivity index (χ0) is 11.1. The third-order valence-electron chi connectivity index (χ3n) is 2.56. The minimum absolute atomic E-state index is 0.649. The standard InChI is InChI=1S/C11H22N2S2/c1-9(2)7-12-11(14)13-8-10-3-5-15-6-4-10/h9-10H,3-8H2,1-2H3,(H2,12,13,14). The lowest BCUT2D eigenvalue weighted by Gasteiger charge is -2.22. The molecule has 1 fully saturated rings. The van der Waals surface area contributed by atoms with E-state index in [1.165, 1.54) is 24.3 Å². The van der Waals surface area contributed by atoms with Gasteiger partial charge in [-0.2, -0.15) is 11.8 Å². The Morgan fingerprint density at radius 3 is 2.60 bits per heavy atom. The van der Waals surface area contributed by atoms with E-state index in [4.69, 9.17) is 12.2 Å². The average Bonchev–Trinajstić information content (AvgIpc) is 2.25. The van der Waals surface area contributed by atoms with E-state index in [9.17, 15) is 0 Å². The van der Waals surface area contributed by atoms with Gasteiger partial charge in [-0.1, -0.05) is 13.8 Å². The van der Waals surface area contributed by atoms with Crippen LogP contribution >= 0.6 is 24.0 Å². The number of nitrogens with one attached hydrogen (secondary N) is 2. The highest BCUT2D eigenvalue weighted by atomic mass is 32.2. The summed E-state index contributed by atoms with van der Waals surface area (Å²) in [6, 6.07) is 0. The van der Waals surface area contributed by atoms with Crippen LogP contribution in [0.4, 0.5) is 0 Å². The van der Waals surface area contributed by atoms with Crippen LogP contribution in [0.3, 0.4) is 0 Å². The van der Waals surface area contributed by atoms with Crippen molar-refractivity contribution in [3.63, 3.8) is 0 Å². The van der Waals surface area contributed by atoms with Gasteiger partial charge in [-0.15, -0.1) is 0 Å². The highest BCUT2D eigenvalue weighted by Gasteiger charge is 2.13.